The van der Waals surface area contributed by atoms with Gasteiger partial charge in [-0.2, -0.15) is 13.7 Å². The predicted octanol–water partition coefficient (Wildman–Crippen LogP) is 2.30. The fourth-order valence-electron chi connectivity index (χ4n) is 2.21. The molecule has 2 aromatic rings. The average molecular weight is 297 g/mol. The monoisotopic (exact) mass is 297 g/mol. The highest BCUT2D eigenvalue weighted by atomic mass is 32.2. The maximum absolute atomic E-state index is 11.9. The Morgan fingerprint density at radius 1 is 1.14 bits per heavy atom. The highest BCUT2D eigenvalue weighted by Crippen LogP contribution is 2.30. The standard InChI is InChI=1S/C15H11N3O2S/c16-9-12-4-3-5-13(8-12)10-18-11-17-21(19,20)15-7-2-1-6-14(15)18/h1-8,11H,10H2. The number of fused-ring (bicyclic) bond motifs is 1. The molecule has 0 spiro atoms. The first-order valence-corrected chi connectivity index (χ1v) is 7.69. The zero-order valence-electron chi connectivity index (χ0n) is 11.0. The second-order valence-electron chi connectivity index (χ2n) is 4.60. The zero-order chi connectivity index (χ0) is 14.9. The number of nitrogens with zero attached hydrogens (tertiary/aromatic N) is 3. The van der Waals surface area contributed by atoms with Gasteiger partial charge in [-0.25, -0.2) is 0 Å². The molecule has 0 saturated carbocycles. The van der Waals surface area contributed by atoms with Gasteiger partial charge in [-0.05, 0) is 29.8 Å². The Bertz CT molecular complexity index is 866. The third kappa shape index (κ3) is 2.51. The summed E-state index contributed by atoms with van der Waals surface area (Å²) >= 11 is 0. The van der Waals surface area contributed by atoms with Crippen LogP contribution in [0.25, 0.3) is 0 Å². The Hall–Kier alpha value is -2.65. The van der Waals surface area contributed by atoms with Crippen molar-refractivity contribution in [2.75, 3.05) is 4.90 Å². The molecule has 6 heteroatoms. The summed E-state index contributed by atoms with van der Waals surface area (Å²) in [5.74, 6) is 0. The Morgan fingerprint density at radius 3 is 2.76 bits per heavy atom. The van der Waals surface area contributed by atoms with Crippen molar-refractivity contribution in [3.63, 3.8) is 0 Å². The zero-order valence-corrected chi connectivity index (χ0v) is 11.8. The fourth-order valence-corrected chi connectivity index (χ4v) is 3.26. The van der Waals surface area contributed by atoms with E-state index in [1.807, 2.05) is 6.07 Å². The van der Waals surface area contributed by atoms with Crippen molar-refractivity contribution >= 4 is 22.0 Å². The van der Waals surface area contributed by atoms with Crippen LogP contribution in [0.2, 0.25) is 0 Å². The number of anilines is 1. The summed E-state index contributed by atoms with van der Waals surface area (Å²) in [6, 6.07) is 16.0. The number of nitriles is 1. The molecule has 0 saturated heterocycles. The maximum atomic E-state index is 11.9. The minimum atomic E-state index is -3.60. The van der Waals surface area contributed by atoms with Gasteiger partial charge in [0.05, 0.1) is 17.3 Å². The van der Waals surface area contributed by atoms with Crippen molar-refractivity contribution in [1.29, 1.82) is 5.26 Å². The van der Waals surface area contributed by atoms with E-state index in [9.17, 15) is 8.42 Å². The fraction of sp³-hybridized carbons (Fsp3) is 0.0667. The molecule has 0 unspecified atom stereocenters. The lowest BCUT2D eigenvalue weighted by Gasteiger charge is -2.25. The van der Waals surface area contributed by atoms with Gasteiger partial charge in [-0.15, -0.1) is 4.40 Å². The summed E-state index contributed by atoms with van der Waals surface area (Å²) in [5.41, 5.74) is 2.08. The lowest BCUT2D eigenvalue weighted by atomic mass is 10.1. The quantitative estimate of drug-likeness (QED) is 0.852. The predicted molar refractivity (Wildman–Crippen MR) is 79.5 cm³/mol. The summed E-state index contributed by atoms with van der Waals surface area (Å²) in [6.07, 6.45) is 1.32. The van der Waals surface area contributed by atoms with Crippen LogP contribution in [0.1, 0.15) is 11.1 Å². The van der Waals surface area contributed by atoms with E-state index in [1.165, 1.54) is 6.34 Å². The molecule has 0 amide bonds. The normalized spacial score (nSPS) is 15.3. The molecular weight excluding hydrogens is 286 g/mol. The van der Waals surface area contributed by atoms with Crippen LogP contribution >= 0.6 is 0 Å². The highest BCUT2D eigenvalue weighted by molar-refractivity contribution is 7.90. The first kappa shape index (κ1) is 13.3. The summed E-state index contributed by atoms with van der Waals surface area (Å²) in [7, 11) is -3.60. The van der Waals surface area contributed by atoms with E-state index in [0.29, 0.717) is 17.8 Å². The molecule has 3 rings (SSSR count). The van der Waals surface area contributed by atoms with Crippen LogP contribution in [0, 0.1) is 11.3 Å². The van der Waals surface area contributed by atoms with Crippen molar-refractivity contribution in [2.24, 2.45) is 4.40 Å². The first-order valence-electron chi connectivity index (χ1n) is 6.25. The third-order valence-electron chi connectivity index (χ3n) is 3.19. The smallest absolute Gasteiger partial charge is 0.285 e. The van der Waals surface area contributed by atoms with Crippen molar-refractivity contribution < 1.29 is 8.42 Å². The summed E-state index contributed by atoms with van der Waals surface area (Å²) in [4.78, 5) is 1.95. The minimum Gasteiger partial charge on any atom is -0.326 e. The molecule has 0 radical (unpaired) electrons. The lowest BCUT2D eigenvalue weighted by molar-refractivity contribution is 0.597. The van der Waals surface area contributed by atoms with E-state index in [-0.39, 0.29) is 4.90 Å². The maximum Gasteiger partial charge on any atom is 0.285 e. The van der Waals surface area contributed by atoms with E-state index in [1.54, 1.807) is 47.4 Å². The summed E-state index contributed by atoms with van der Waals surface area (Å²) < 4.78 is 27.4. The minimum absolute atomic E-state index is 0.198. The molecule has 0 aliphatic carbocycles. The van der Waals surface area contributed by atoms with Gasteiger partial charge in [-0.1, -0.05) is 24.3 Å². The number of benzene rings is 2. The Morgan fingerprint density at radius 2 is 1.95 bits per heavy atom. The number of hydrogen-bond acceptors (Lipinski definition) is 4. The SMILES string of the molecule is N#Cc1cccc(CN2C=NS(=O)(=O)c3ccccc32)c1. The average Bonchev–Trinajstić information content (AvgIpc) is 2.51. The molecule has 104 valence electrons. The van der Waals surface area contributed by atoms with Crippen LogP contribution < -0.4 is 4.90 Å². The largest absolute Gasteiger partial charge is 0.326 e. The van der Waals surface area contributed by atoms with Crippen LogP contribution in [0.4, 0.5) is 5.69 Å². The van der Waals surface area contributed by atoms with Crippen LogP contribution in [-0.2, 0) is 16.6 Å². The Kier molecular flexibility index (Phi) is 3.20. The molecule has 21 heavy (non-hydrogen) atoms. The van der Waals surface area contributed by atoms with Crippen molar-refractivity contribution in [1.82, 2.24) is 0 Å². The molecule has 0 N–H and O–H groups in total. The Labute approximate surface area is 122 Å². The van der Waals surface area contributed by atoms with Crippen molar-refractivity contribution in [3.8, 4) is 6.07 Å². The van der Waals surface area contributed by atoms with Crippen molar-refractivity contribution in [2.45, 2.75) is 11.4 Å². The molecular formula is C15H11N3O2S. The highest BCUT2D eigenvalue weighted by Gasteiger charge is 2.24. The van der Waals surface area contributed by atoms with Crippen LogP contribution in [-0.4, -0.2) is 14.8 Å². The summed E-state index contributed by atoms with van der Waals surface area (Å²) in [6.45, 7) is 0.450. The van der Waals surface area contributed by atoms with Crippen molar-refractivity contribution in [3.05, 3.63) is 59.7 Å². The lowest BCUT2D eigenvalue weighted by Crippen LogP contribution is -2.26. The molecule has 1 aliphatic rings. The van der Waals surface area contributed by atoms with Gasteiger partial charge >= 0.3 is 0 Å². The van der Waals surface area contributed by atoms with E-state index in [0.717, 1.165) is 5.56 Å². The van der Waals surface area contributed by atoms with Crippen LogP contribution in [0.15, 0.2) is 57.8 Å². The molecule has 0 bridgehead atoms. The second-order valence-corrected chi connectivity index (χ2v) is 6.20. The molecule has 5 nitrogen and oxygen atoms in total. The molecule has 0 atom stereocenters. The van der Waals surface area contributed by atoms with E-state index < -0.39 is 10.0 Å². The third-order valence-corrected chi connectivity index (χ3v) is 4.46. The molecule has 2 aromatic carbocycles. The van der Waals surface area contributed by atoms with Gasteiger partial charge in [0.25, 0.3) is 10.0 Å². The second kappa shape index (κ2) is 5.04. The van der Waals surface area contributed by atoms with Gasteiger partial charge in [0.15, 0.2) is 0 Å². The summed E-state index contributed by atoms with van der Waals surface area (Å²) in [5, 5.41) is 8.93. The number of para-hydroxylation sites is 1. The molecule has 1 heterocycles. The van der Waals surface area contributed by atoms with Gasteiger partial charge in [0.1, 0.15) is 11.2 Å². The molecule has 0 fully saturated rings. The van der Waals surface area contributed by atoms with E-state index in [4.69, 9.17) is 5.26 Å². The van der Waals surface area contributed by atoms with Gasteiger partial charge in [-0.3, -0.25) is 0 Å². The van der Waals surface area contributed by atoms with Gasteiger partial charge in [0.2, 0.25) is 0 Å². The topological polar surface area (TPSA) is 73.5 Å². The van der Waals surface area contributed by atoms with Gasteiger partial charge in [0, 0.05) is 6.54 Å². The Balaban J connectivity index is 1.99. The van der Waals surface area contributed by atoms with E-state index >= 15 is 0 Å². The molecule has 1 aliphatic heterocycles. The number of rotatable bonds is 2. The van der Waals surface area contributed by atoms with Crippen LogP contribution in [0.3, 0.4) is 0 Å². The number of hydrogen-bond donors (Lipinski definition) is 0. The first-order chi connectivity index (χ1) is 10.1. The van der Waals surface area contributed by atoms with Crippen LogP contribution in [0.5, 0.6) is 0 Å². The van der Waals surface area contributed by atoms with Gasteiger partial charge < -0.3 is 4.90 Å². The number of sulfonamides is 1. The molecule has 0 aromatic heterocycles. The van der Waals surface area contributed by atoms with E-state index in [2.05, 4.69) is 10.5 Å².